The number of carbonyl (C=O) groups excluding carboxylic acids is 1. The molecule has 2 saturated heterocycles. The zero-order valence-corrected chi connectivity index (χ0v) is 35.4. The normalized spacial score (nSPS) is 17.1. The number of nitrogens with two attached hydrogens (primary N) is 1. The molecule has 3 aromatic rings. The van der Waals surface area contributed by atoms with Gasteiger partial charge >= 0.3 is 0 Å². The highest BCUT2D eigenvalue weighted by Crippen LogP contribution is 2.31. The Morgan fingerprint density at radius 3 is 1.72 bits per heavy atom. The van der Waals surface area contributed by atoms with Gasteiger partial charge < -0.3 is 68.2 Å². The predicted molar refractivity (Wildman–Crippen MR) is 226 cm³/mol. The molecule has 5 rings (SSSR count). The third-order valence-electron chi connectivity index (χ3n) is 9.61. The van der Waals surface area contributed by atoms with Gasteiger partial charge in [0.05, 0.1) is 155 Å². The number of hydrogen-bond acceptors (Lipinski definition) is 17. The number of ether oxygens (including phenoxy) is 10. The zero-order valence-electron chi connectivity index (χ0n) is 35.4. The zero-order chi connectivity index (χ0) is 42.0. The first-order valence-electron chi connectivity index (χ1n) is 21.1. The largest absolute Gasteiger partial charge is 0.378 e. The van der Waals surface area contributed by atoms with E-state index in [-0.39, 0.29) is 18.0 Å². The Kier molecular flexibility index (Phi) is 22.1. The number of amides is 1. The molecule has 334 valence electrons. The Hall–Kier alpha value is -3.66. The molecule has 18 heteroatoms. The van der Waals surface area contributed by atoms with Gasteiger partial charge in [0, 0.05) is 37.3 Å². The molecule has 0 spiro atoms. The molecule has 0 aliphatic carbocycles. The third-order valence-corrected chi connectivity index (χ3v) is 9.61. The summed E-state index contributed by atoms with van der Waals surface area (Å²) in [7, 11) is 0. The molecule has 2 atom stereocenters. The van der Waals surface area contributed by atoms with Gasteiger partial charge in [0.25, 0.3) is 5.91 Å². The number of rotatable bonds is 30. The van der Waals surface area contributed by atoms with Gasteiger partial charge in [-0.25, -0.2) is 4.98 Å². The lowest BCUT2D eigenvalue weighted by Crippen LogP contribution is -2.46. The first kappa shape index (κ1) is 47.4. The molecule has 0 bridgehead atoms. The number of nitrogens with one attached hydrogen (secondary N) is 1. The third kappa shape index (κ3) is 16.3. The molecule has 4 heterocycles. The van der Waals surface area contributed by atoms with Gasteiger partial charge in [-0.05, 0) is 38.1 Å². The van der Waals surface area contributed by atoms with Crippen LogP contribution in [0.3, 0.4) is 0 Å². The molecule has 2 aliphatic heterocycles. The van der Waals surface area contributed by atoms with Crippen LogP contribution in [0, 0.1) is 0 Å². The van der Waals surface area contributed by atoms with Crippen LogP contribution >= 0.6 is 0 Å². The maximum absolute atomic E-state index is 13.1. The van der Waals surface area contributed by atoms with Crippen LogP contribution < -0.4 is 20.9 Å². The maximum Gasteiger partial charge on any atom is 0.251 e. The number of morpholine rings is 2. The minimum Gasteiger partial charge on any atom is -0.378 e. The highest BCUT2D eigenvalue weighted by atomic mass is 16.6. The van der Waals surface area contributed by atoms with E-state index in [0.29, 0.717) is 169 Å². The van der Waals surface area contributed by atoms with Crippen LogP contribution in [0.4, 0.5) is 11.8 Å². The van der Waals surface area contributed by atoms with E-state index in [1.165, 1.54) is 0 Å². The van der Waals surface area contributed by atoms with Crippen LogP contribution in [0.5, 0.6) is 0 Å². The summed E-state index contributed by atoms with van der Waals surface area (Å²) in [5.74, 6) is 1.31. The van der Waals surface area contributed by atoms with Gasteiger partial charge in [-0.3, -0.25) is 4.79 Å². The highest BCUT2D eigenvalue weighted by Gasteiger charge is 2.27. The van der Waals surface area contributed by atoms with E-state index in [1.807, 2.05) is 30.3 Å². The minimum absolute atomic E-state index is 0.136. The average Bonchev–Trinajstić information content (AvgIpc) is 3.27. The molecule has 2 aromatic heterocycles. The van der Waals surface area contributed by atoms with Crippen molar-refractivity contribution in [2.45, 2.75) is 25.9 Å². The first-order valence-corrected chi connectivity index (χ1v) is 21.1. The quantitative estimate of drug-likeness (QED) is 0.0925. The molecule has 18 nitrogen and oxygen atoms in total. The standard InChI is InChI=1S/C42H65N7O11/c1-33-31-59-14-10-48(33)40-37-6-7-38(45-39(37)46-42(47-40)49-11-15-60-32-34(49)2)35-4-3-5-36(30-35)41(50)44-9-13-52-17-19-54-21-23-56-25-27-58-29-28-57-26-24-55-22-20-53-18-16-51-12-8-43/h3-7,30,33-34H,8-29,31-32,43H2,1-2H3,(H,44,50)/t33-,34-/m0/s1. The van der Waals surface area contributed by atoms with Gasteiger partial charge in [0.1, 0.15) is 5.82 Å². The van der Waals surface area contributed by atoms with Crippen LogP contribution in [-0.4, -0.2) is 191 Å². The summed E-state index contributed by atoms with van der Waals surface area (Å²) in [4.78, 5) is 32.6. The van der Waals surface area contributed by atoms with Gasteiger partial charge in [0.15, 0.2) is 5.65 Å². The Balaban J connectivity index is 0.919. The van der Waals surface area contributed by atoms with E-state index in [4.69, 9.17) is 68.1 Å². The summed E-state index contributed by atoms with van der Waals surface area (Å²) in [6.45, 7) is 16.8. The molecule has 60 heavy (non-hydrogen) atoms. The number of carbonyl (C=O) groups is 1. The molecule has 2 fully saturated rings. The highest BCUT2D eigenvalue weighted by molar-refractivity contribution is 5.96. The number of hydrogen-bond donors (Lipinski definition) is 2. The molecule has 0 radical (unpaired) electrons. The molecular formula is C42H65N7O11. The van der Waals surface area contributed by atoms with Crippen LogP contribution in [0.2, 0.25) is 0 Å². The summed E-state index contributed by atoms with van der Waals surface area (Å²) in [5.41, 5.74) is 8.03. The lowest BCUT2D eigenvalue weighted by molar-refractivity contribution is -0.0228. The monoisotopic (exact) mass is 843 g/mol. The molecule has 3 N–H and O–H groups in total. The fourth-order valence-electron chi connectivity index (χ4n) is 6.44. The van der Waals surface area contributed by atoms with E-state index in [1.54, 1.807) is 6.07 Å². The molecule has 0 saturated carbocycles. The van der Waals surface area contributed by atoms with Gasteiger partial charge in [-0.15, -0.1) is 0 Å². The van der Waals surface area contributed by atoms with Gasteiger partial charge in [0.2, 0.25) is 5.95 Å². The number of aromatic nitrogens is 3. The molecule has 2 aliphatic rings. The predicted octanol–water partition coefficient (Wildman–Crippen LogP) is 1.96. The van der Waals surface area contributed by atoms with Crippen molar-refractivity contribution in [3.05, 3.63) is 42.0 Å². The van der Waals surface area contributed by atoms with Crippen molar-refractivity contribution in [2.24, 2.45) is 5.73 Å². The van der Waals surface area contributed by atoms with E-state index in [9.17, 15) is 4.79 Å². The van der Waals surface area contributed by atoms with Crippen LogP contribution in [-0.2, 0) is 47.4 Å². The van der Waals surface area contributed by atoms with Crippen molar-refractivity contribution in [3.63, 3.8) is 0 Å². The number of benzene rings is 1. The summed E-state index contributed by atoms with van der Waals surface area (Å²) in [5, 5.41) is 3.82. The molecular weight excluding hydrogens is 778 g/mol. The second-order valence-corrected chi connectivity index (χ2v) is 14.2. The Morgan fingerprint density at radius 2 is 1.18 bits per heavy atom. The first-order chi connectivity index (χ1) is 29.5. The average molecular weight is 844 g/mol. The summed E-state index contributed by atoms with van der Waals surface area (Å²) in [6, 6.07) is 11.7. The van der Waals surface area contributed by atoms with Gasteiger partial charge in [-0.2, -0.15) is 9.97 Å². The second-order valence-electron chi connectivity index (χ2n) is 14.2. The Morgan fingerprint density at radius 1 is 0.667 bits per heavy atom. The van der Waals surface area contributed by atoms with Crippen molar-refractivity contribution in [1.29, 1.82) is 0 Å². The van der Waals surface area contributed by atoms with Crippen molar-refractivity contribution < 1.29 is 52.2 Å². The topological polar surface area (TPSA) is 193 Å². The number of nitrogens with zero attached hydrogens (tertiary/aromatic N) is 5. The molecule has 1 aromatic carbocycles. The maximum atomic E-state index is 13.1. The Labute approximate surface area is 353 Å². The smallest absolute Gasteiger partial charge is 0.251 e. The fraction of sp³-hybridized carbons (Fsp3) is 0.667. The lowest BCUT2D eigenvalue weighted by Gasteiger charge is -2.37. The fourth-order valence-corrected chi connectivity index (χ4v) is 6.44. The van der Waals surface area contributed by atoms with Crippen molar-refractivity contribution in [2.75, 3.05) is 168 Å². The summed E-state index contributed by atoms with van der Waals surface area (Å²) < 4.78 is 55.2. The number of fused-ring (bicyclic) bond motifs is 1. The number of pyridine rings is 1. The molecule has 0 unspecified atom stereocenters. The van der Waals surface area contributed by atoms with Crippen LogP contribution in [0.25, 0.3) is 22.3 Å². The number of anilines is 2. The second kappa shape index (κ2) is 28.0. The van der Waals surface area contributed by atoms with Crippen molar-refractivity contribution in [1.82, 2.24) is 20.3 Å². The minimum atomic E-state index is -0.190. The van der Waals surface area contributed by atoms with E-state index in [2.05, 4.69) is 29.0 Å². The lowest BCUT2D eigenvalue weighted by atomic mass is 10.1. The SMILES string of the molecule is C[C@H]1COCCN1c1nc(N2CCOC[C@@H]2C)c2ccc(-c3cccc(C(=O)NCCOCCOCCOCCOCCOCCOCCOCCOCCN)c3)nc2n1. The summed E-state index contributed by atoms with van der Waals surface area (Å²) >= 11 is 0. The van der Waals surface area contributed by atoms with Gasteiger partial charge in [-0.1, -0.05) is 12.1 Å². The van der Waals surface area contributed by atoms with E-state index < -0.39 is 0 Å². The Bertz CT molecular complexity index is 1660. The van der Waals surface area contributed by atoms with Crippen LogP contribution in [0.1, 0.15) is 24.2 Å². The van der Waals surface area contributed by atoms with E-state index in [0.717, 1.165) is 29.0 Å². The van der Waals surface area contributed by atoms with Crippen molar-refractivity contribution >= 4 is 28.7 Å². The van der Waals surface area contributed by atoms with Crippen LogP contribution in [0.15, 0.2) is 36.4 Å². The summed E-state index contributed by atoms with van der Waals surface area (Å²) in [6.07, 6.45) is 0. The van der Waals surface area contributed by atoms with E-state index >= 15 is 0 Å². The van der Waals surface area contributed by atoms with Crippen molar-refractivity contribution in [3.8, 4) is 11.3 Å². The molecule has 1 amide bonds.